The van der Waals surface area contributed by atoms with Gasteiger partial charge in [0.05, 0.1) is 5.56 Å². The number of carbonyl (C=O) groups excluding carboxylic acids is 1. The minimum atomic E-state index is -0.145. The first kappa shape index (κ1) is 23.1. The third-order valence-electron chi connectivity index (χ3n) is 7.37. The third kappa shape index (κ3) is 7.00. The highest BCUT2D eigenvalue weighted by molar-refractivity contribution is 5.90. The fourth-order valence-corrected chi connectivity index (χ4v) is 5.14. The number of benzene rings is 1. The van der Waals surface area contributed by atoms with Crippen LogP contribution in [-0.4, -0.2) is 12.1 Å². The quantitative estimate of drug-likeness (QED) is 0.286. The number of unbranched alkanes of at least 4 members (excludes halogenated alkanes) is 4. The lowest BCUT2D eigenvalue weighted by molar-refractivity contribution is 0.0161. The lowest BCUT2D eigenvalue weighted by Gasteiger charge is -2.28. The van der Waals surface area contributed by atoms with Crippen LogP contribution in [0.3, 0.4) is 0 Å². The van der Waals surface area contributed by atoms with Crippen molar-refractivity contribution in [1.29, 1.82) is 0 Å². The van der Waals surface area contributed by atoms with Gasteiger partial charge in [-0.1, -0.05) is 77.0 Å². The van der Waals surface area contributed by atoms with Crippen LogP contribution in [0.2, 0.25) is 0 Å². The Kier molecular flexibility index (Phi) is 9.49. The highest BCUT2D eigenvalue weighted by atomic mass is 16.5. The maximum absolute atomic E-state index is 12.6. The van der Waals surface area contributed by atoms with Crippen LogP contribution in [0.4, 0.5) is 0 Å². The molecule has 1 atom stereocenters. The largest absolute Gasteiger partial charge is 0.459 e. The summed E-state index contributed by atoms with van der Waals surface area (Å²) in [4.78, 5) is 12.6. The zero-order valence-corrected chi connectivity index (χ0v) is 19.3. The topological polar surface area (TPSA) is 26.3 Å². The SMILES string of the molecule is CCCCCCCC1CCC(OC(=O)c2ccc(C3=CCC(CC)CC3)cc2)CC1. The van der Waals surface area contributed by atoms with Crippen LogP contribution in [0.1, 0.15) is 120 Å². The fourth-order valence-electron chi connectivity index (χ4n) is 5.14. The molecule has 0 bridgehead atoms. The van der Waals surface area contributed by atoms with E-state index in [1.807, 2.05) is 12.1 Å². The van der Waals surface area contributed by atoms with Gasteiger partial charge in [-0.3, -0.25) is 0 Å². The molecule has 0 heterocycles. The van der Waals surface area contributed by atoms with Gasteiger partial charge >= 0.3 is 5.97 Å². The summed E-state index contributed by atoms with van der Waals surface area (Å²) in [6.07, 6.45) is 20.1. The Labute approximate surface area is 184 Å². The van der Waals surface area contributed by atoms with E-state index in [2.05, 4.69) is 32.1 Å². The van der Waals surface area contributed by atoms with Gasteiger partial charge in [-0.05, 0) is 80.1 Å². The first-order valence-corrected chi connectivity index (χ1v) is 12.7. The predicted octanol–water partition coefficient (Wildman–Crippen LogP) is 8.36. The van der Waals surface area contributed by atoms with Crippen LogP contribution >= 0.6 is 0 Å². The minimum Gasteiger partial charge on any atom is -0.459 e. The van der Waals surface area contributed by atoms with Crippen LogP contribution in [0.15, 0.2) is 30.3 Å². The van der Waals surface area contributed by atoms with Crippen LogP contribution in [0.5, 0.6) is 0 Å². The van der Waals surface area contributed by atoms with E-state index >= 15 is 0 Å². The molecule has 3 rings (SSSR count). The first-order valence-electron chi connectivity index (χ1n) is 12.7. The van der Waals surface area contributed by atoms with Crippen molar-refractivity contribution in [1.82, 2.24) is 0 Å². The molecular weight excluding hydrogens is 368 g/mol. The second-order valence-corrected chi connectivity index (χ2v) is 9.61. The van der Waals surface area contributed by atoms with Crippen LogP contribution < -0.4 is 0 Å². The summed E-state index contributed by atoms with van der Waals surface area (Å²) in [5, 5.41) is 0. The van der Waals surface area contributed by atoms with Crippen molar-refractivity contribution < 1.29 is 9.53 Å². The van der Waals surface area contributed by atoms with Gasteiger partial charge in [0.2, 0.25) is 0 Å². The summed E-state index contributed by atoms with van der Waals surface area (Å²) in [5.41, 5.74) is 3.40. The zero-order valence-electron chi connectivity index (χ0n) is 19.3. The Morgan fingerprint density at radius 3 is 2.27 bits per heavy atom. The minimum absolute atomic E-state index is 0.112. The number of carbonyl (C=O) groups is 1. The maximum atomic E-state index is 12.6. The molecule has 0 spiro atoms. The average Bonchev–Trinajstić information content (AvgIpc) is 2.80. The van der Waals surface area contributed by atoms with Gasteiger partial charge in [0.25, 0.3) is 0 Å². The number of hydrogen-bond acceptors (Lipinski definition) is 2. The molecule has 1 fully saturated rings. The van der Waals surface area contributed by atoms with Crippen LogP contribution in [-0.2, 0) is 4.74 Å². The zero-order chi connectivity index (χ0) is 21.2. The predicted molar refractivity (Wildman–Crippen MR) is 127 cm³/mol. The van der Waals surface area contributed by atoms with Gasteiger partial charge in [0.15, 0.2) is 0 Å². The van der Waals surface area contributed by atoms with Gasteiger partial charge in [0, 0.05) is 0 Å². The molecule has 1 saturated carbocycles. The monoisotopic (exact) mass is 410 g/mol. The van der Waals surface area contributed by atoms with Crippen molar-refractivity contribution in [2.24, 2.45) is 11.8 Å². The van der Waals surface area contributed by atoms with E-state index in [9.17, 15) is 4.79 Å². The normalized spacial score (nSPS) is 24.3. The molecule has 1 aromatic carbocycles. The third-order valence-corrected chi connectivity index (χ3v) is 7.37. The summed E-state index contributed by atoms with van der Waals surface area (Å²) < 4.78 is 5.84. The smallest absolute Gasteiger partial charge is 0.338 e. The molecule has 2 aliphatic rings. The maximum Gasteiger partial charge on any atom is 0.338 e. The van der Waals surface area contributed by atoms with E-state index < -0.39 is 0 Å². The molecule has 0 saturated heterocycles. The lowest BCUT2D eigenvalue weighted by Crippen LogP contribution is -2.24. The molecule has 0 radical (unpaired) electrons. The summed E-state index contributed by atoms with van der Waals surface area (Å²) in [7, 11) is 0. The second kappa shape index (κ2) is 12.3. The van der Waals surface area contributed by atoms with Crippen molar-refractivity contribution >= 4 is 11.5 Å². The number of rotatable bonds is 10. The summed E-state index contributed by atoms with van der Waals surface area (Å²) in [6, 6.07) is 8.10. The molecule has 0 aromatic heterocycles. The number of ether oxygens (including phenoxy) is 1. The van der Waals surface area contributed by atoms with Crippen molar-refractivity contribution in [3.8, 4) is 0 Å². The number of hydrogen-bond donors (Lipinski definition) is 0. The lowest BCUT2D eigenvalue weighted by atomic mass is 9.84. The molecule has 2 nitrogen and oxygen atoms in total. The molecular formula is C28H42O2. The highest BCUT2D eigenvalue weighted by Crippen LogP contribution is 2.32. The Balaban J connectivity index is 1.40. The summed E-state index contributed by atoms with van der Waals surface area (Å²) in [6.45, 7) is 4.55. The van der Waals surface area contributed by atoms with Gasteiger partial charge in [0.1, 0.15) is 6.10 Å². The molecule has 2 heteroatoms. The number of allylic oxidation sites excluding steroid dienone is 2. The highest BCUT2D eigenvalue weighted by Gasteiger charge is 2.24. The summed E-state index contributed by atoms with van der Waals surface area (Å²) >= 11 is 0. The molecule has 0 N–H and O–H groups in total. The van der Waals surface area contributed by atoms with Crippen LogP contribution in [0, 0.1) is 11.8 Å². The van der Waals surface area contributed by atoms with E-state index in [1.54, 1.807) is 0 Å². The van der Waals surface area contributed by atoms with Crippen molar-refractivity contribution in [3.63, 3.8) is 0 Å². The Bertz CT molecular complexity index is 664. The van der Waals surface area contributed by atoms with E-state index in [0.29, 0.717) is 5.56 Å². The van der Waals surface area contributed by atoms with Gasteiger partial charge in [-0.25, -0.2) is 4.79 Å². The molecule has 0 amide bonds. The van der Waals surface area contributed by atoms with Crippen molar-refractivity contribution in [3.05, 3.63) is 41.5 Å². The second-order valence-electron chi connectivity index (χ2n) is 9.61. The average molecular weight is 411 g/mol. The van der Waals surface area contributed by atoms with Crippen LogP contribution in [0.25, 0.3) is 5.57 Å². The van der Waals surface area contributed by atoms with Gasteiger partial charge < -0.3 is 4.74 Å². The van der Waals surface area contributed by atoms with Crippen molar-refractivity contribution in [2.45, 2.75) is 110 Å². The van der Waals surface area contributed by atoms with Crippen molar-refractivity contribution in [2.75, 3.05) is 0 Å². The van der Waals surface area contributed by atoms with E-state index in [4.69, 9.17) is 4.74 Å². The first-order chi connectivity index (χ1) is 14.7. The standard InChI is InChI=1S/C28H42O2/c1-3-5-6-7-8-9-23-12-20-27(21-13-23)30-28(29)26-18-16-25(17-19-26)24-14-10-22(4-2)11-15-24/h14,16-19,22-23,27H,3-13,15,20-21H2,1-2H3. The number of esters is 1. The van der Waals surface area contributed by atoms with Gasteiger partial charge in [-0.15, -0.1) is 0 Å². The molecule has 166 valence electrons. The molecule has 2 aliphatic carbocycles. The fraction of sp³-hybridized carbons (Fsp3) is 0.679. The van der Waals surface area contributed by atoms with E-state index in [0.717, 1.165) is 31.1 Å². The molecule has 0 aliphatic heterocycles. The van der Waals surface area contributed by atoms with E-state index in [1.165, 1.54) is 81.8 Å². The Morgan fingerprint density at radius 1 is 0.900 bits per heavy atom. The molecule has 1 unspecified atom stereocenters. The molecule has 1 aromatic rings. The Hall–Kier alpha value is -1.57. The Morgan fingerprint density at radius 2 is 1.63 bits per heavy atom. The van der Waals surface area contributed by atoms with Gasteiger partial charge in [-0.2, -0.15) is 0 Å². The van der Waals surface area contributed by atoms with E-state index in [-0.39, 0.29) is 12.1 Å². The summed E-state index contributed by atoms with van der Waals surface area (Å²) in [5.74, 6) is 1.55. The molecule has 30 heavy (non-hydrogen) atoms.